The van der Waals surface area contributed by atoms with E-state index < -0.39 is 11.5 Å². The lowest BCUT2D eigenvalue weighted by molar-refractivity contribution is -0.142. The maximum absolute atomic E-state index is 10.4. The van der Waals surface area contributed by atoms with E-state index in [0.717, 1.165) is 0 Å². The second kappa shape index (κ2) is 3.37. The molecule has 3 nitrogen and oxygen atoms in total. The second-order valence-electron chi connectivity index (χ2n) is 2.55. The van der Waals surface area contributed by atoms with Crippen molar-refractivity contribution in [2.24, 2.45) is 5.73 Å². The Hall–Kier alpha value is -0.830. The van der Waals surface area contributed by atoms with Gasteiger partial charge in [0.1, 0.15) is 5.54 Å². The molecule has 0 bridgehead atoms. The molecule has 0 saturated carbocycles. The minimum Gasteiger partial charge on any atom is -0.480 e. The standard InChI is InChI=1S/C7H13NO2/c1-3-4-5-7(2,8)6(9)10/h3H,1,4-5,8H2,2H3,(H,9,10). The van der Waals surface area contributed by atoms with Gasteiger partial charge in [-0.3, -0.25) is 4.79 Å². The van der Waals surface area contributed by atoms with E-state index in [9.17, 15) is 4.79 Å². The molecule has 3 heteroatoms. The Kier molecular flexibility index (Phi) is 3.09. The van der Waals surface area contributed by atoms with E-state index in [4.69, 9.17) is 10.8 Å². The van der Waals surface area contributed by atoms with Gasteiger partial charge < -0.3 is 10.8 Å². The van der Waals surface area contributed by atoms with E-state index >= 15 is 0 Å². The molecule has 0 fully saturated rings. The fourth-order valence-corrected chi connectivity index (χ4v) is 0.509. The summed E-state index contributed by atoms with van der Waals surface area (Å²) in [5.74, 6) is -0.964. The quantitative estimate of drug-likeness (QED) is 0.571. The van der Waals surface area contributed by atoms with E-state index in [-0.39, 0.29) is 0 Å². The van der Waals surface area contributed by atoms with Crippen molar-refractivity contribution in [2.75, 3.05) is 0 Å². The van der Waals surface area contributed by atoms with Crippen LogP contribution in [0.4, 0.5) is 0 Å². The summed E-state index contributed by atoms with van der Waals surface area (Å²) in [6.45, 7) is 4.97. The van der Waals surface area contributed by atoms with Gasteiger partial charge in [-0.1, -0.05) is 6.08 Å². The molecule has 0 aromatic rings. The smallest absolute Gasteiger partial charge is 0.323 e. The van der Waals surface area contributed by atoms with Crippen LogP contribution in [0.2, 0.25) is 0 Å². The molecule has 0 radical (unpaired) electrons. The fraction of sp³-hybridized carbons (Fsp3) is 0.571. The van der Waals surface area contributed by atoms with Gasteiger partial charge in [0.15, 0.2) is 0 Å². The predicted octanol–water partition coefficient (Wildman–Crippen LogP) is 0.755. The Morgan fingerprint density at radius 2 is 2.40 bits per heavy atom. The number of nitrogens with two attached hydrogens (primary N) is 1. The zero-order valence-electron chi connectivity index (χ0n) is 6.13. The molecular formula is C7H13NO2. The summed E-state index contributed by atoms with van der Waals surface area (Å²) in [4.78, 5) is 10.4. The van der Waals surface area contributed by atoms with Crippen LogP contribution < -0.4 is 5.73 Å². The molecule has 0 aliphatic carbocycles. The minimum absolute atomic E-state index is 0.436. The van der Waals surface area contributed by atoms with E-state index in [0.29, 0.717) is 12.8 Å². The fourth-order valence-electron chi connectivity index (χ4n) is 0.509. The van der Waals surface area contributed by atoms with Gasteiger partial charge in [-0.05, 0) is 19.8 Å². The first-order valence-electron chi connectivity index (χ1n) is 3.14. The molecule has 0 rings (SSSR count). The van der Waals surface area contributed by atoms with Crippen LogP contribution in [-0.4, -0.2) is 16.6 Å². The third kappa shape index (κ3) is 2.64. The lowest BCUT2D eigenvalue weighted by Crippen LogP contribution is -2.44. The third-order valence-electron chi connectivity index (χ3n) is 1.36. The Labute approximate surface area is 60.5 Å². The average molecular weight is 143 g/mol. The Balaban J connectivity index is 3.86. The molecule has 0 aliphatic rings. The van der Waals surface area contributed by atoms with Crippen LogP contribution in [-0.2, 0) is 4.79 Å². The van der Waals surface area contributed by atoms with Crippen molar-refractivity contribution in [1.29, 1.82) is 0 Å². The van der Waals surface area contributed by atoms with Gasteiger partial charge in [-0.2, -0.15) is 0 Å². The van der Waals surface area contributed by atoms with Crippen molar-refractivity contribution >= 4 is 5.97 Å². The molecule has 0 amide bonds. The zero-order valence-corrected chi connectivity index (χ0v) is 6.13. The first-order valence-corrected chi connectivity index (χ1v) is 3.14. The van der Waals surface area contributed by atoms with Gasteiger partial charge >= 0.3 is 5.97 Å². The summed E-state index contributed by atoms with van der Waals surface area (Å²) >= 11 is 0. The second-order valence-corrected chi connectivity index (χ2v) is 2.55. The molecule has 3 N–H and O–H groups in total. The molecule has 1 atom stereocenters. The van der Waals surface area contributed by atoms with E-state index in [1.54, 1.807) is 6.08 Å². The molecule has 0 heterocycles. The van der Waals surface area contributed by atoms with Crippen LogP contribution in [0.3, 0.4) is 0 Å². The Morgan fingerprint density at radius 1 is 1.90 bits per heavy atom. The first kappa shape index (κ1) is 9.17. The highest BCUT2D eigenvalue weighted by Gasteiger charge is 2.26. The van der Waals surface area contributed by atoms with Gasteiger partial charge in [0.25, 0.3) is 0 Å². The Bertz CT molecular complexity index is 141. The number of carboxylic acids is 1. The number of carboxylic acid groups (broad SMARTS) is 1. The highest BCUT2D eigenvalue weighted by molar-refractivity contribution is 5.77. The van der Waals surface area contributed by atoms with Crippen molar-refractivity contribution in [1.82, 2.24) is 0 Å². The first-order chi connectivity index (χ1) is 4.50. The normalized spacial score (nSPS) is 15.8. The lowest BCUT2D eigenvalue weighted by Gasteiger charge is -2.17. The van der Waals surface area contributed by atoms with E-state index in [2.05, 4.69) is 6.58 Å². The summed E-state index contributed by atoms with van der Waals surface area (Å²) in [6.07, 6.45) is 2.74. The van der Waals surface area contributed by atoms with Crippen molar-refractivity contribution < 1.29 is 9.90 Å². The molecule has 1 unspecified atom stereocenters. The predicted molar refractivity (Wildman–Crippen MR) is 39.7 cm³/mol. The van der Waals surface area contributed by atoms with Crippen molar-refractivity contribution in [3.8, 4) is 0 Å². The number of hydrogen-bond donors (Lipinski definition) is 2. The average Bonchev–Trinajstić information content (AvgIpc) is 1.84. The SMILES string of the molecule is C=CCCC(C)(N)C(=O)O. The topological polar surface area (TPSA) is 63.3 Å². The van der Waals surface area contributed by atoms with Crippen LogP contribution in [0.5, 0.6) is 0 Å². The summed E-state index contributed by atoms with van der Waals surface area (Å²) in [7, 11) is 0. The van der Waals surface area contributed by atoms with E-state index in [1.807, 2.05) is 0 Å². The molecule has 0 spiro atoms. The number of hydrogen-bond acceptors (Lipinski definition) is 2. The van der Waals surface area contributed by atoms with Crippen LogP contribution >= 0.6 is 0 Å². The number of allylic oxidation sites excluding steroid dienone is 1. The van der Waals surface area contributed by atoms with E-state index in [1.165, 1.54) is 6.92 Å². The minimum atomic E-state index is -1.10. The molecule has 10 heavy (non-hydrogen) atoms. The van der Waals surface area contributed by atoms with Crippen molar-refractivity contribution in [2.45, 2.75) is 25.3 Å². The maximum atomic E-state index is 10.4. The number of rotatable bonds is 4. The number of aliphatic carboxylic acids is 1. The highest BCUT2D eigenvalue weighted by atomic mass is 16.4. The molecular weight excluding hydrogens is 130 g/mol. The van der Waals surface area contributed by atoms with Gasteiger partial charge in [-0.15, -0.1) is 6.58 Å². The largest absolute Gasteiger partial charge is 0.480 e. The van der Waals surface area contributed by atoms with Gasteiger partial charge in [0.05, 0.1) is 0 Å². The molecule has 0 aliphatic heterocycles. The summed E-state index contributed by atoms with van der Waals surface area (Å²) in [5.41, 5.74) is 4.30. The van der Waals surface area contributed by atoms with Gasteiger partial charge in [0, 0.05) is 0 Å². The monoisotopic (exact) mass is 143 g/mol. The maximum Gasteiger partial charge on any atom is 0.323 e. The van der Waals surface area contributed by atoms with Crippen LogP contribution in [0.15, 0.2) is 12.7 Å². The summed E-state index contributed by atoms with van der Waals surface area (Å²) < 4.78 is 0. The summed E-state index contributed by atoms with van der Waals surface area (Å²) in [5, 5.41) is 8.51. The van der Waals surface area contributed by atoms with Crippen molar-refractivity contribution in [3.63, 3.8) is 0 Å². The third-order valence-corrected chi connectivity index (χ3v) is 1.36. The van der Waals surface area contributed by atoms with Crippen molar-refractivity contribution in [3.05, 3.63) is 12.7 Å². The van der Waals surface area contributed by atoms with Crippen LogP contribution in [0.25, 0.3) is 0 Å². The highest BCUT2D eigenvalue weighted by Crippen LogP contribution is 2.08. The number of carbonyl (C=O) groups is 1. The molecule has 0 saturated heterocycles. The molecule has 58 valence electrons. The zero-order chi connectivity index (χ0) is 8.20. The van der Waals surface area contributed by atoms with Crippen LogP contribution in [0, 0.1) is 0 Å². The lowest BCUT2D eigenvalue weighted by atomic mass is 9.98. The van der Waals surface area contributed by atoms with Gasteiger partial charge in [-0.25, -0.2) is 0 Å². The van der Waals surface area contributed by atoms with Crippen LogP contribution in [0.1, 0.15) is 19.8 Å². The van der Waals surface area contributed by atoms with Gasteiger partial charge in [0.2, 0.25) is 0 Å². The molecule has 0 aromatic heterocycles. The Morgan fingerprint density at radius 3 is 2.70 bits per heavy atom. The molecule has 0 aromatic carbocycles. The summed E-state index contributed by atoms with van der Waals surface area (Å²) in [6, 6.07) is 0.